The summed E-state index contributed by atoms with van der Waals surface area (Å²) < 4.78 is 60.4. The first-order chi connectivity index (χ1) is 59.6. The molecule has 0 radical (unpaired) electrons. The maximum Gasteiger partial charge on any atom is 0.248 e. The summed E-state index contributed by atoms with van der Waals surface area (Å²) in [5.74, 6) is 2.11. The van der Waals surface area contributed by atoms with E-state index in [2.05, 4.69) is 142 Å². The number of nitrogens with one attached hydrogen (secondary N) is 3. The first-order valence-electron chi connectivity index (χ1n) is 41.7. The van der Waals surface area contributed by atoms with Gasteiger partial charge in [-0.1, -0.05) is 24.3 Å². The highest BCUT2D eigenvalue weighted by Crippen LogP contribution is 2.40. The lowest BCUT2D eigenvalue weighted by Gasteiger charge is -2.35. The Bertz CT molecular complexity index is 5940. The van der Waals surface area contributed by atoms with Crippen molar-refractivity contribution in [3.63, 3.8) is 0 Å². The molecule has 0 atom stereocenters. The summed E-state index contributed by atoms with van der Waals surface area (Å²) in [6, 6.07) is 60.8. The van der Waals surface area contributed by atoms with Gasteiger partial charge in [0.2, 0.25) is 21.8 Å². The van der Waals surface area contributed by atoms with E-state index in [0.717, 1.165) is 163 Å². The molecule has 6 aliphatic rings. The standard InChI is InChI=1S/C33H35N5O4.C31H31N5O4.C30H31N5O4S/c34-21-25-19-24(5-8-31(25)42-27-10-15-38(16-11-27)32(40)22-39)33-28-20-30(36-29(28)9-12-35-33)23-3-6-26(7-4-23)41-18-17-37-13-1-2-14-37;32-19-23-17-22(3-6-29(23)40-25-8-15-39-16-9-25)31-26-18-28(34-27(26)7-10-33-31)21-1-4-24(5-2-21)35-11-13-36(14-12-35)30(38)20-37;1-40(36,37)35-14-12-34(13-15-35)24-5-2-21(3-6-24)28-19-26-27(33-28)8-11-32-30(26)22-4-7-29(23(18-22)20-31)39-25-9-16-38-17-10-25/h3-9,12,19-20,27,36,39H,1-2,10-11,13-18,22H2;1-7,10,17-18,25,34,37H,8-9,11-16,20H2;2-8,11,18-19,25,33H,9-10,12-17H2,1H3. The molecule has 0 aliphatic carbocycles. The summed E-state index contributed by atoms with van der Waals surface area (Å²) in [6.45, 7) is 11.9. The molecule has 0 spiro atoms. The number of carbonyl (C=O) groups excluding carboxylic acids is 2. The van der Waals surface area contributed by atoms with Gasteiger partial charge in [0, 0.05) is 207 Å². The Morgan fingerprint density at radius 3 is 1.16 bits per heavy atom. The van der Waals surface area contributed by atoms with Crippen LogP contribution in [0.25, 0.3) is 100 Å². The summed E-state index contributed by atoms with van der Waals surface area (Å²) >= 11 is 0. The molecule has 626 valence electrons. The lowest BCUT2D eigenvalue weighted by molar-refractivity contribution is -0.136. The van der Waals surface area contributed by atoms with Gasteiger partial charge in [-0.15, -0.1) is 0 Å². The molecule has 0 saturated carbocycles. The Kier molecular flexibility index (Phi) is 26.1. The Morgan fingerprint density at radius 2 is 0.795 bits per heavy atom. The number of anilines is 2. The minimum absolute atomic E-state index is 0.0592. The molecule has 6 fully saturated rings. The van der Waals surface area contributed by atoms with Gasteiger partial charge in [-0.2, -0.15) is 20.1 Å². The van der Waals surface area contributed by atoms with E-state index in [-0.39, 0.29) is 30.1 Å². The van der Waals surface area contributed by atoms with Gasteiger partial charge in [0.1, 0.15) is 79.3 Å². The smallest absolute Gasteiger partial charge is 0.248 e. The van der Waals surface area contributed by atoms with Gasteiger partial charge < -0.3 is 73.2 Å². The molecule has 12 aromatic rings. The van der Waals surface area contributed by atoms with Crippen LogP contribution in [-0.2, 0) is 29.1 Å². The van der Waals surface area contributed by atoms with E-state index in [1.807, 2.05) is 84.9 Å². The lowest BCUT2D eigenvalue weighted by atomic mass is 10.0. The van der Waals surface area contributed by atoms with Gasteiger partial charge in [0.05, 0.1) is 66.5 Å². The highest BCUT2D eigenvalue weighted by atomic mass is 32.2. The average molecular weight is 1660 g/mol. The molecule has 12 heterocycles. The number of aliphatic hydroxyl groups excluding tert-OH is 2. The van der Waals surface area contributed by atoms with E-state index >= 15 is 0 Å². The number of nitriles is 3. The number of H-pyrrole nitrogens is 3. The van der Waals surface area contributed by atoms with Gasteiger partial charge in [0.15, 0.2) is 0 Å². The van der Waals surface area contributed by atoms with Crippen molar-refractivity contribution >= 4 is 65.9 Å². The lowest BCUT2D eigenvalue weighted by Crippen LogP contribution is -2.49. The maximum absolute atomic E-state index is 11.8. The zero-order valence-corrected chi connectivity index (χ0v) is 68.9. The number of pyridine rings is 3. The van der Waals surface area contributed by atoms with E-state index in [1.54, 1.807) is 28.4 Å². The highest BCUT2D eigenvalue weighted by Gasteiger charge is 2.29. The minimum atomic E-state index is -3.15. The van der Waals surface area contributed by atoms with Crippen LogP contribution in [0.3, 0.4) is 0 Å². The second-order valence-corrected chi connectivity index (χ2v) is 33.3. The van der Waals surface area contributed by atoms with Crippen molar-refractivity contribution in [2.75, 3.05) is 147 Å². The third-order valence-corrected chi connectivity index (χ3v) is 24.8. The number of aromatic amines is 3. The Hall–Kier alpha value is -12.7. The van der Waals surface area contributed by atoms with E-state index in [0.29, 0.717) is 132 Å². The number of fused-ring (bicyclic) bond motifs is 3. The van der Waals surface area contributed by atoms with E-state index in [4.69, 9.17) is 38.6 Å². The molecular weight excluding hydrogens is 1560 g/mol. The topological polar surface area (TPSA) is 341 Å². The number of carbonyl (C=O) groups is 2. The summed E-state index contributed by atoms with van der Waals surface area (Å²) in [4.78, 5) is 58.3. The van der Waals surface area contributed by atoms with Crippen molar-refractivity contribution in [3.8, 4) is 109 Å². The number of aromatic nitrogens is 6. The molecule has 28 heteroatoms. The molecule has 18 rings (SSSR count). The van der Waals surface area contributed by atoms with Crippen LogP contribution < -0.4 is 28.7 Å². The first-order valence-corrected chi connectivity index (χ1v) is 43.6. The van der Waals surface area contributed by atoms with Crippen molar-refractivity contribution in [3.05, 3.63) is 199 Å². The number of aliphatic hydroxyl groups is 2. The molecule has 122 heavy (non-hydrogen) atoms. The second-order valence-electron chi connectivity index (χ2n) is 31.3. The number of sulfonamides is 1. The summed E-state index contributed by atoms with van der Waals surface area (Å²) in [6.07, 6.45) is 13.8. The number of nitrogens with zero attached hydrogens (tertiary/aromatic N) is 12. The van der Waals surface area contributed by atoms with Crippen LogP contribution in [0.1, 0.15) is 68.1 Å². The van der Waals surface area contributed by atoms with Gasteiger partial charge >= 0.3 is 0 Å². The fraction of sp³-hybridized carbons (Fsp3) is 0.340. The SMILES string of the molecule is CS(=O)(=O)N1CCN(c2ccc(-c3cc4c(-c5ccc(OC6CCOCC6)c(C#N)c5)nccc4[nH]3)cc2)CC1.N#Cc1cc(-c2nccc3[nH]c(-c4ccc(N5CCN(C(=O)CO)CC5)cc4)cc23)ccc1OC1CCOCC1.N#Cc1cc(-c2nccc3[nH]c(-c4ccc(OCCN5CCCC5)cc4)cc23)ccc1OC1CCN(C(=O)CO)CC1. The fourth-order valence-electron chi connectivity index (χ4n) is 16.7. The minimum Gasteiger partial charge on any atom is -0.492 e. The predicted octanol–water partition coefficient (Wildman–Crippen LogP) is 13.0. The summed E-state index contributed by atoms with van der Waals surface area (Å²) in [5, 5.41) is 50.7. The normalized spacial score (nSPS) is 16.5. The zero-order valence-electron chi connectivity index (χ0n) is 68.1. The van der Waals surface area contributed by atoms with Crippen LogP contribution in [0.15, 0.2) is 182 Å². The quantitative estimate of drug-likeness (QED) is 0.0446. The Morgan fingerprint density at radius 1 is 0.443 bits per heavy atom. The number of rotatable bonds is 21. The van der Waals surface area contributed by atoms with Crippen molar-refractivity contribution in [1.29, 1.82) is 15.8 Å². The monoisotopic (exact) mass is 1660 g/mol. The van der Waals surface area contributed by atoms with Gasteiger partial charge in [-0.05, 0) is 182 Å². The van der Waals surface area contributed by atoms with Crippen LogP contribution in [-0.4, -0.2) is 235 Å². The Labute approximate surface area is 708 Å². The van der Waals surface area contributed by atoms with Crippen LogP contribution in [0, 0.1) is 34.0 Å². The highest BCUT2D eigenvalue weighted by molar-refractivity contribution is 7.88. The zero-order chi connectivity index (χ0) is 84.1. The number of piperazine rings is 2. The van der Waals surface area contributed by atoms with Crippen LogP contribution in [0.4, 0.5) is 11.4 Å². The molecule has 0 unspecified atom stereocenters. The van der Waals surface area contributed by atoms with Crippen molar-refractivity contribution in [2.24, 2.45) is 0 Å². The molecule has 0 bridgehead atoms. The number of hydrogen-bond donors (Lipinski definition) is 5. The molecular formula is C94H97N15O12S. The molecule has 2 amide bonds. The third kappa shape index (κ3) is 19.5. The summed E-state index contributed by atoms with van der Waals surface area (Å²) in [7, 11) is -3.15. The van der Waals surface area contributed by atoms with Crippen molar-refractivity contribution in [1.82, 2.24) is 48.9 Å². The summed E-state index contributed by atoms with van der Waals surface area (Å²) in [5.41, 5.74) is 17.5. The third-order valence-electron chi connectivity index (χ3n) is 23.5. The molecule has 27 nitrogen and oxygen atoms in total. The van der Waals surface area contributed by atoms with Crippen molar-refractivity contribution < 1.29 is 56.6 Å². The molecule has 6 aliphatic heterocycles. The number of amides is 2. The Balaban J connectivity index is 0.000000136. The van der Waals surface area contributed by atoms with E-state index in [1.165, 1.54) is 36.5 Å². The second kappa shape index (κ2) is 38.4. The average Bonchev–Trinajstić information content (AvgIpc) is 1.63. The van der Waals surface area contributed by atoms with Crippen molar-refractivity contribution in [2.45, 2.75) is 69.7 Å². The van der Waals surface area contributed by atoms with E-state index in [9.17, 15) is 33.8 Å². The van der Waals surface area contributed by atoms with Gasteiger partial charge in [-0.25, -0.2) is 8.42 Å². The molecule has 6 saturated heterocycles. The number of likely N-dealkylation sites (tertiary alicyclic amines) is 2. The number of piperidine rings is 1. The maximum atomic E-state index is 11.8. The van der Waals surface area contributed by atoms with Gasteiger partial charge in [-0.3, -0.25) is 29.4 Å². The molecule has 6 aromatic carbocycles. The molecule has 5 N–H and O–H groups in total. The largest absolute Gasteiger partial charge is 0.492 e. The number of ether oxygens (including phenoxy) is 6. The van der Waals surface area contributed by atoms with Crippen LogP contribution >= 0.6 is 0 Å². The van der Waals surface area contributed by atoms with Crippen LogP contribution in [0.2, 0.25) is 0 Å². The van der Waals surface area contributed by atoms with E-state index < -0.39 is 23.2 Å². The first kappa shape index (κ1) is 83.0. The predicted molar refractivity (Wildman–Crippen MR) is 467 cm³/mol. The number of benzene rings is 6. The fourth-order valence-corrected chi connectivity index (χ4v) is 17.5. The van der Waals surface area contributed by atoms with Gasteiger partial charge in [0.25, 0.3) is 0 Å². The molecule has 6 aromatic heterocycles. The van der Waals surface area contributed by atoms with Crippen LogP contribution in [0.5, 0.6) is 23.0 Å². The number of hydrogen-bond acceptors (Lipinski definition) is 21.